The number of aromatic hydroxyl groups is 1. The Morgan fingerprint density at radius 1 is 0.840 bits per heavy atom. The van der Waals surface area contributed by atoms with Crippen molar-refractivity contribution < 1.29 is 53.1 Å². The van der Waals surface area contributed by atoms with Gasteiger partial charge in [0.15, 0.2) is 0 Å². The molecule has 12 N–H and O–H groups in total. The van der Waals surface area contributed by atoms with Gasteiger partial charge in [0.2, 0.25) is 59.1 Å². The molecule has 75 heavy (non-hydrogen) atoms. The first-order valence-electron chi connectivity index (χ1n) is 25.5. The Balaban J connectivity index is 1.43. The molecule has 22 nitrogen and oxygen atoms in total. The molecule has 0 spiro atoms. The molecule has 5 rings (SSSR count). The molecule has 0 bridgehead atoms. The lowest BCUT2D eigenvalue weighted by Gasteiger charge is -2.30. The monoisotopic (exact) mass is 1080 g/mol. The summed E-state index contributed by atoms with van der Waals surface area (Å²) in [6.45, 7) is 8.62. The molecule has 1 aromatic rings. The third-order valence-corrected chi connectivity index (χ3v) is 16.3. The predicted molar refractivity (Wildman–Crippen MR) is 284 cm³/mol. The molecule has 1 aromatic carbocycles. The third kappa shape index (κ3) is 17.6. The number of carbonyl (C=O) groups excluding carboxylic acids is 10. The fourth-order valence-corrected chi connectivity index (χ4v) is 11.7. The molecule has 410 valence electrons. The third-order valence-electron chi connectivity index (χ3n) is 13.7. The maximum absolute atomic E-state index is 14.7. The lowest BCUT2D eigenvalue weighted by molar-refractivity contribution is -0.141. The summed E-state index contributed by atoms with van der Waals surface area (Å²) >= 11 is 0. The van der Waals surface area contributed by atoms with Gasteiger partial charge in [-0.15, -0.1) is 0 Å². The number of phenols is 1. The molecule has 3 heterocycles. The number of hydrogen-bond donors (Lipinski definition) is 10. The van der Waals surface area contributed by atoms with Gasteiger partial charge in [-0.3, -0.25) is 52.9 Å². The van der Waals surface area contributed by atoms with Crippen LogP contribution in [-0.2, 0) is 54.4 Å². The SMILES string of the molecule is CCC(C)[C@H](NC(=O)[C@H](CC1C=NC2C=CC=CC12)NC(=O)[C@@H]1CSSC[C@H](C)C(=O)N2CCC[C@H]2C(=O)N[C@@H](Cc2ccc(O)cc2)C(=O)NCC(=O)N[C@@H](CC(C)C)C(=O)N1)C(=O)N[C@@H](CCC(N)=O)C(N)=O. The van der Waals surface area contributed by atoms with Gasteiger partial charge in [0.05, 0.1) is 12.6 Å². The minimum atomic E-state index is -1.33. The Morgan fingerprint density at radius 2 is 1.55 bits per heavy atom. The number of nitrogens with one attached hydrogen (secondary N) is 7. The molecule has 0 saturated carbocycles. The van der Waals surface area contributed by atoms with Gasteiger partial charge in [-0.25, -0.2) is 0 Å². The van der Waals surface area contributed by atoms with Gasteiger partial charge >= 0.3 is 0 Å². The van der Waals surface area contributed by atoms with Gasteiger partial charge in [-0.2, -0.15) is 0 Å². The number of fused-ring (bicyclic) bond motifs is 2. The number of nitrogens with two attached hydrogens (primary N) is 2. The van der Waals surface area contributed by atoms with E-state index in [-0.39, 0.29) is 79.1 Å². The van der Waals surface area contributed by atoms with Crippen molar-refractivity contribution in [3.05, 3.63) is 54.1 Å². The summed E-state index contributed by atoms with van der Waals surface area (Å²) < 4.78 is 0. The number of allylic oxidation sites excluding steroid dienone is 2. The van der Waals surface area contributed by atoms with E-state index in [0.717, 1.165) is 0 Å². The molecule has 3 aliphatic heterocycles. The second-order valence-corrected chi connectivity index (χ2v) is 22.6. The number of rotatable bonds is 18. The zero-order valence-corrected chi connectivity index (χ0v) is 44.7. The maximum atomic E-state index is 14.7. The van der Waals surface area contributed by atoms with E-state index in [9.17, 15) is 53.1 Å². The van der Waals surface area contributed by atoms with E-state index in [1.54, 1.807) is 39.1 Å². The molecule has 0 aromatic heterocycles. The highest BCUT2D eigenvalue weighted by Crippen LogP contribution is 2.32. The largest absolute Gasteiger partial charge is 0.508 e. The molecule has 2 saturated heterocycles. The Bertz CT molecular complexity index is 2350. The summed E-state index contributed by atoms with van der Waals surface area (Å²) in [4.78, 5) is 143. The highest BCUT2D eigenvalue weighted by atomic mass is 33.1. The Labute approximate surface area is 445 Å². The average Bonchev–Trinajstić information content (AvgIpc) is 4.03. The zero-order chi connectivity index (χ0) is 54.9. The first kappa shape index (κ1) is 59.4. The number of nitrogens with zero attached hydrogens (tertiary/aromatic N) is 2. The van der Waals surface area contributed by atoms with Gasteiger partial charge < -0.3 is 58.7 Å². The van der Waals surface area contributed by atoms with Crippen molar-refractivity contribution >= 4 is 86.9 Å². The lowest BCUT2D eigenvalue weighted by atomic mass is 9.83. The van der Waals surface area contributed by atoms with Crippen LogP contribution in [0.3, 0.4) is 0 Å². The number of phenolic OH excluding ortho intramolecular Hbond substituents is 1. The summed E-state index contributed by atoms with van der Waals surface area (Å²) in [5.74, 6) is -8.50. The van der Waals surface area contributed by atoms with Crippen molar-refractivity contribution in [1.82, 2.24) is 42.1 Å². The summed E-state index contributed by atoms with van der Waals surface area (Å²) in [6.07, 6.45) is 10.4. The van der Waals surface area contributed by atoms with E-state index in [4.69, 9.17) is 11.5 Å². The standard InChI is InChI=1S/C51H73N11O11S2/c1-6-28(4)43(50(72)57-35(44(53)66)17-18-41(52)64)61-47(69)38(22-31-23-54-34-11-8-7-10-33(31)34)58-48(70)39-26-75-74-25-29(5)51(73)62-19-9-12-40(62)49(71)59-37(21-30-13-15-32(63)16-14-30)45(67)55-24-42(65)56-36(20-27(2)3)46(68)60-39/h7-8,10-11,13-16,23,27-29,31,33-40,43,63H,6,9,12,17-22,24-26H2,1-5H3,(H2,52,64)(H2,53,66)(H,55,67)(H,56,65)(H,57,72)(H,58,70)(H,59,71)(H,60,68)(H,61,69)/t28?,29-,31?,33?,34?,35-,36-,37-,38-,39-,40-,43-/m0/s1. The van der Waals surface area contributed by atoms with Crippen LogP contribution in [0.15, 0.2) is 53.6 Å². The second kappa shape index (κ2) is 28.5. The predicted octanol–water partition coefficient (Wildman–Crippen LogP) is 0.0263. The van der Waals surface area contributed by atoms with Crippen LogP contribution in [-0.4, -0.2) is 148 Å². The maximum Gasteiger partial charge on any atom is 0.244 e. The van der Waals surface area contributed by atoms with Crippen molar-refractivity contribution in [3.63, 3.8) is 0 Å². The number of benzene rings is 1. The molecule has 10 amide bonds. The molecule has 24 heteroatoms. The van der Waals surface area contributed by atoms with E-state index >= 15 is 0 Å². The minimum absolute atomic E-state index is 0.000861. The highest BCUT2D eigenvalue weighted by Gasteiger charge is 2.40. The zero-order valence-electron chi connectivity index (χ0n) is 43.1. The molecular weight excluding hydrogens is 1010 g/mol. The van der Waals surface area contributed by atoms with Crippen molar-refractivity contribution in [2.45, 2.75) is 134 Å². The van der Waals surface area contributed by atoms with Crippen LogP contribution < -0.4 is 48.7 Å². The minimum Gasteiger partial charge on any atom is -0.508 e. The van der Waals surface area contributed by atoms with Crippen molar-refractivity contribution in [1.29, 1.82) is 0 Å². The lowest BCUT2D eigenvalue weighted by Crippen LogP contribution is -2.61. The van der Waals surface area contributed by atoms with Crippen LogP contribution in [0.25, 0.3) is 0 Å². The number of aliphatic imine (C=N–C) groups is 1. The number of amides is 10. The van der Waals surface area contributed by atoms with Crippen LogP contribution in [0.5, 0.6) is 5.75 Å². The molecule has 1 aliphatic carbocycles. The van der Waals surface area contributed by atoms with Crippen molar-refractivity contribution in [2.75, 3.05) is 24.6 Å². The van der Waals surface area contributed by atoms with E-state index in [1.807, 2.05) is 38.2 Å². The van der Waals surface area contributed by atoms with E-state index in [2.05, 4.69) is 42.2 Å². The quantitative estimate of drug-likeness (QED) is 0.0869. The van der Waals surface area contributed by atoms with Crippen LogP contribution >= 0.6 is 21.6 Å². The first-order chi connectivity index (χ1) is 35.6. The molecule has 0 radical (unpaired) electrons. The summed E-state index contributed by atoms with van der Waals surface area (Å²) in [5.41, 5.74) is 11.4. The summed E-state index contributed by atoms with van der Waals surface area (Å²) in [7, 11) is 2.45. The smallest absolute Gasteiger partial charge is 0.244 e. The van der Waals surface area contributed by atoms with Crippen LogP contribution in [0.4, 0.5) is 0 Å². The van der Waals surface area contributed by atoms with Gasteiger partial charge in [0.25, 0.3) is 0 Å². The topological polar surface area (TPSA) is 343 Å². The first-order valence-corrected chi connectivity index (χ1v) is 28.0. The van der Waals surface area contributed by atoms with Crippen LogP contribution in [0.1, 0.15) is 85.1 Å². The van der Waals surface area contributed by atoms with Crippen molar-refractivity contribution in [2.24, 2.45) is 46.0 Å². The summed E-state index contributed by atoms with van der Waals surface area (Å²) in [5, 5.41) is 28.9. The van der Waals surface area contributed by atoms with Gasteiger partial charge in [0, 0.05) is 54.9 Å². The highest BCUT2D eigenvalue weighted by molar-refractivity contribution is 8.76. The molecule has 2 fully saturated rings. The second-order valence-electron chi connectivity index (χ2n) is 20.1. The van der Waals surface area contributed by atoms with Crippen molar-refractivity contribution in [3.8, 4) is 5.75 Å². The number of hydrogen-bond acceptors (Lipinski definition) is 14. The van der Waals surface area contributed by atoms with E-state index in [1.165, 1.54) is 38.6 Å². The normalized spacial score (nSPS) is 26.3. The van der Waals surface area contributed by atoms with Gasteiger partial charge in [-0.1, -0.05) is 99.1 Å². The van der Waals surface area contributed by atoms with Crippen LogP contribution in [0.2, 0.25) is 0 Å². The Hall–Kier alpha value is -6.43. The molecule has 4 aliphatic rings. The number of primary amides is 2. The fraction of sp³-hybridized carbons (Fsp3) is 0.588. The van der Waals surface area contributed by atoms with E-state index in [0.29, 0.717) is 31.4 Å². The van der Waals surface area contributed by atoms with Gasteiger partial charge in [-0.05, 0) is 61.6 Å². The van der Waals surface area contributed by atoms with E-state index < -0.39 is 114 Å². The average molecular weight is 1080 g/mol. The molecule has 12 atom stereocenters. The molecular formula is C51H73N11O11S2. The molecule has 4 unspecified atom stereocenters. The Kier molecular flexibility index (Phi) is 22.6. The summed E-state index contributed by atoms with van der Waals surface area (Å²) in [6, 6.07) is -2.56. The fourth-order valence-electron chi connectivity index (χ4n) is 9.21. The number of carbonyl (C=O) groups is 10. The van der Waals surface area contributed by atoms with Crippen LogP contribution in [0, 0.1) is 29.6 Å². The Morgan fingerprint density at radius 3 is 2.23 bits per heavy atom. The van der Waals surface area contributed by atoms with Gasteiger partial charge in [0.1, 0.15) is 48.0 Å².